The Kier molecular flexibility index (Phi) is 11.9. The molecule has 0 aromatic carbocycles. The third-order valence-corrected chi connectivity index (χ3v) is 5.62. The van der Waals surface area contributed by atoms with Gasteiger partial charge in [0.15, 0.2) is 0 Å². The van der Waals surface area contributed by atoms with Crippen molar-refractivity contribution < 1.29 is 24.3 Å². The van der Waals surface area contributed by atoms with Crippen molar-refractivity contribution in [2.75, 3.05) is 18.8 Å². The summed E-state index contributed by atoms with van der Waals surface area (Å²) in [5, 5.41) is 14.3. The number of amides is 3. The van der Waals surface area contributed by atoms with Gasteiger partial charge < -0.3 is 32.1 Å². The number of likely N-dealkylation sites (tertiary alicyclic amines) is 1. The summed E-state index contributed by atoms with van der Waals surface area (Å²) in [6.45, 7) is 4.82. The van der Waals surface area contributed by atoms with Crippen molar-refractivity contribution in [1.82, 2.24) is 15.5 Å². The van der Waals surface area contributed by atoms with Gasteiger partial charge in [0.2, 0.25) is 17.7 Å². The molecule has 1 heterocycles. The van der Waals surface area contributed by atoms with Crippen molar-refractivity contribution in [2.45, 2.75) is 76.5 Å². The highest BCUT2D eigenvalue weighted by Crippen LogP contribution is 2.20. The standard InChI is InChI=1S/C20H37N5O5S/c1-12(2)10-13(22)19(28)25-9-5-7-16(25)18(27)23-14(6-3-4-8-21)17(26)24-15(11-31)20(29)30/h12-16,31H,3-11,21-22H2,1-2H3,(H,23,27)(H,24,26)(H,29,30). The third kappa shape index (κ3) is 8.66. The van der Waals surface area contributed by atoms with Gasteiger partial charge in [0, 0.05) is 12.3 Å². The Bertz CT molecular complexity index is 633. The number of nitrogens with zero attached hydrogens (tertiary/aromatic N) is 1. The molecule has 1 fully saturated rings. The number of hydrogen-bond acceptors (Lipinski definition) is 7. The van der Waals surface area contributed by atoms with E-state index < -0.39 is 42.0 Å². The van der Waals surface area contributed by atoms with E-state index in [1.807, 2.05) is 13.8 Å². The summed E-state index contributed by atoms with van der Waals surface area (Å²) in [7, 11) is 0. The van der Waals surface area contributed by atoms with Gasteiger partial charge in [-0.05, 0) is 51.0 Å². The zero-order valence-electron chi connectivity index (χ0n) is 18.4. The van der Waals surface area contributed by atoms with E-state index in [0.717, 1.165) is 0 Å². The summed E-state index contributed by atoms with van der Waals surface area (Å²) in [5.74, 6) is -2.34. The van der Waals surface area contributed by atoms with E-state index in [1.165, 1.54) is 4.90 Å². The van der Waals surface area contributed by atoms with Gasteiger partial charge in [-0.3, -0.25) is 14.4 Å². The van der Waals surface area contributed by atoms with Gasteiger partial charge in [-0.25, -0.2) is 4.79 Å². The molecule has 1 rings (SSSR count). The second-order valence-corrected chi connectivity index (χ2v) is 8.72. The molecule has 1 saturated heterocycles. The number of rotatable bonds is 13. The Hall–Kier alpha value is -1.85. The van der Waals surface area contributed by atoms with Gasteiger partial charge >= 0.3 is 5.97 Å². The lowest BCUT2D eigenvalue weighted by Gasteiger charge is -2.29. The average molecular weight is 460 g/mol. The van der Waals surface area contributed by atoms with Crippen molar-refractivity contribution >= 4 is 36.3 Å². The van der Waals surface area contributed by atoms with Crippen LogP contribution in [0.1, 0.15) is 52.4 Å². The molecule has 4 atom stereocenters. The first kappa shape index (κ1) is 27.2. The lowest BCUT2D eigenvalue weighted by molar-refractivity contribution is -0.142. The molecular formula is C20H37N5O5S. The van der Waals surface area contributed by atoms with E-state index in [4.69, 9.17) is 16.6 Å². The molecular weight excluding hydrogens is 422 g/mol. The fraction of sp³-hybridized carbons (Fsp3) is 0.800. The largest absolute Gasteiger partial charge is 0.480 e. The Morgan fingerprint density at radius 3 is 2.39 bits per heavy atom. The predicted molar refractivity (Wildman–Crippen MR) is 120 cm³/mol. The normalized spacial score (nSPS) is 19.0. The predicted octanol–water partition coefficient (Wildman–Crippen LogP) is -0.536. The molecule has 0 radical (unpaired) electrons. The Morgan fingerprint density at radius 2 is 1.84 bits per heavy atom. The summed E-state index contributed by atoms with van der Waals surface area (Å²) >= 11 is 3.95. The molecule has 0 aromatic heterocycles. The fourth-order valence-corrected chi connectivity index (χ4v) is 3.86. The first-order valence-electron chi connectivity index (χ1n) is 10.8. The van der Waals surface area contributed by atoms with Crippen LogP contribution in [0.25, 0.3) is 0 Å². The molecule has 0 aromatic rings. The van der Waals surface area contributed by atoms with E-state index in [2.05, 4.69) is 23.3 Å². The minimum Gasteiger partial charge on any atom is -0.480 e. The number of thiol groups is 1. The van der Waals surface area contributed by atoms with Gasteiger partial charge in [-0.2, -0.15) is 12.6 Å². The van der Waals surface area contributed by atoms with Crippen LogP contribution in [0.4, 0.5) is 0 Å². The molecule has 0 bridgehead atoms. The van der Waals surface area contributed by atoms with Gasteiger partial charge in [0.05, 0.1) is 6.04 Å². The Labute approximate surface area is 189 Å². The topological polar surface area (TPSA) is 168 Å². The summed E-state index contributed by atoms with van der Waals surface area (Å²) in [4.78, 5) is 51.1. The van der Waals surface area contributed by atoms with E-state index in [0.29, 0.717) is 51.6 Å². The SMILES string of the molecule is CC(C)CC(N)C(=O)N1CCCC1C(=O)NC(CCCCN)C(=O)NC(CS)C(=O)O. The number of nitrogens with two attached hydrogens (primary N) is 2. The highest BCUT2D eigenvalue weighted by Gasteiger charge is 2.37. The summed E-state index contributed by atoms with van der Waals surface area (Å²) in [5.41, 5.74) is 11.5. The molecule has 10 nitrogen and oxygen atoms in total. The monoisotopic (exact) mass is 459 g/mol. The maximum atomic E-state index is 13.0. The highest BCUT2D eigenvalue weighted by atomic mass is 32.1. The number of carboxylic acid groups (broad SMARTS) is 1. The quantitative estimate of drug-likeness (QED) is 0.159. The molecule has 7 N–H and O–H groups in total. The Balaban J connectivity index is 2.86. The van der Waals surface area contributed by atoms with Gasteiger partial charge in [0.1, 0.15) is 18.1 Å². The lowest BCUT2D eigenvalue weighted by Crippen LogP contribution is -2.56. The molecule has 31 heavy (non-hydrogen) atoms. The van der Waals surface area contributed by atoms with E-state index in [1.54, 1.807) is 0 Å². The number of carbonyl (C=O) groups is 4. The number of carboxylic acids is 1. The van der Waals surface area contributed by atoms with E-state index in [9.17, 15) is 19.2 Å². The first-order valence-corrected chi connectivity index (χ1v) is 11.5. The van der Waals surface area contributed by atoms with Crippen LogP contribution >= 0.6 is 12.6 Å². The molecule has 0 aliphatic carbocycles. The second kappa shape index (κ2) is 13.5. The molecule has 1 aliphatic rings. The minimum absolute atomic E-state index is 0.0802. The minimum atomic E-state index is -1.21. The maximum Gasteiger partial charge on any atom is 0.327 e. The molecule has 0 spiro atoms. The van der Waals surface area contributed by atoms with Crippen LogP contribution in [0.3, 0.4) is 0 Å². The second-order valence-electron chi connectivity index (χ2n) is 8.35. The summed E-state index contributed by atoms with van der Waals surface area (Å²) < 4.78 is 0. The van der Waals surface area contributed by atoms with Crippen LogP contribution in [-0.2, 0) is 19.2 Å². The number of aliphatic carboxylic acids is 1. The number of unbranched alkanes of at least 4 members (excludes halogenated alkanes) is 1. The lowest BCUT2D eigenvalue weighted by atomic mass is 10.0. The number of hydrogen-bond donors (Lipinski definition) is 6. The molecule has 1 aliphatic heterocycles. The smallest absolute Gasteiger partial charge is 0.327 e. The summed E-state index contributed by atoms with van der Waals surface area (Å²) in [6, 6.07) is -3.47. The summed E-state index contributed by atoms with van der Waals surface area (Å²) in [6.07, 6.45) is 3.22. The van der Waals surface area contributed by atoms with Crippen LogP contribution in [0, 0.1) is 5.92 Å². The molecule has 4 unspecified atom stereocenters. The molecule has 11 heteroatoms. The van der Waals surface area contributed by atoms with E-state index in [-0.39, 0.29) is 17.6 Å². The van der Waals surface area contributed by atoms with Gasteiger partial charge in [-0.1, -0.05) is 13.8 Å². The zero-order chi connectivity index (χ0) is 23.6. The van der Waals surface area contributed by atoms with Gasteiger partial charge in [0.25, 0.3) is 0 Å². The zero-order valence-corrected chi connectivity index (χ0v) is 19.3. The third-order valence-electron chi connectivity index (χ3n) is 5.26. The van der Waals surface area contributed by atoms with Crippen LogP contribution < -0.4 is 22.1 Å². The Morgan fingerprint density at radius 1 is 1.16 bits per heavy atom. The fourth-order valence-electron chi connectivity index (χ4n) is 3.61. The van der Waals surface area contributed by atoms with Crippen molar-refractivity contribution in [2.24, 2.45) is 17.4 Å². The van der Waals surface area contributed by atoms with Gasteiger partial charge in [-0.15, -0.1) is 0 Å². The van der Waals surface area contributed by atoms with Crippen molar-refractivity contribution in [3.8, 4) is 0 Å². The van der Waals surface area contributed by atoms with Crippen LogP contribution in [0.5, 0.6) is 0 Å². The number of nitrogens with one attached hydrogen (secondary N) is 2. The van der Waals surface area contributed by atoms with Crippen LogP contribution in [-0.4, -0.2) is 76.7 Å². The molecule has 3 amide bonds. The highest BCUT2D eigenvalue weighted by molar-refractivity contribution is 7.80. The maximum absolute atomic E-state index is 13.0. The first-order chi connectivity index (χ1) is 14.6. The van der Waals surface area contributed by atoms with Crippen molar-refractivity contribution in [3.05, 3.63) is 0 Å². The van der Waals surface area contributed by atoms with Crippen molar-refractivity contribution in [3.63, 3.8) is 0 Å². The number of carbonyl (C=O) groups excluding carboxylic acids is 3. The van der Waals surface area contributed by atoms with E-state index >= 15 is 0 Å². The van der Waals surface area contributed by atoms with Crippen LogP contribution in [0.15, 0.2) is 0 Å². The van der Waals surface area contributed by atoms with Crippen LogP contribution in [0.2, 0.25) is 0 Å². The van der Waals surface area contributed by atoms with Crippen molar-refractivity contribution in [1.29, 1.82) is 0 Å². The molecule has 0 saturated carbocycles. The average Bonchev–Trinajstić information content (AvgIpc) is 3.19. The molecule has 178 valence electrons.